The summed E-state index contributed by atoms with van der Waals surface area (Å²) in [4.78, 5) is 26.8. The fraction of sp³-hybridized carbons (Fsp3) is 0.379. The van der Waals surface area contributed by atoms with Crippen LogP contribution in [-0.4, -0.2) is 36.0 Å². The molecule has 2 aromatic carbocycles. The van der Waals surface area contributed by atoms with Crippen LogP contribution in [0.3, 0.4) is 0 Å². The molecule has 0 saturated heterocycles. The largest absolute Gasteiger partial charge is 0.378 e. The lowest BCUT2D eigenvalue weighted by Gasteiger charge is -2.36. The number of ether oxygens (including phenoxy) is 1. The number of ketones is 1. The first-order chi connectivity index (χ1) is 16.6. The number of para-hydroxylation sites is 1. The number of anilines is 1. The van der Waals surface area contributed by atoms with Crippen molar-refractivity contribution in [2.45, 2.75) is 63.7 Å². The van der Waals surface area contributed by atoms with Crippen LogP contribution >= 0.6 is 0 Å². The Morgan fingerprint density at radius 3 is 2.38 bits per heavy atom. The van der Waals surface area contributed by atoms with Gasteiger partial charge in [-0.25, -0.2) is 0 Å². The van der Waals surface area contributed by atoms with E-state index in [9.17, 15) is 9.59 Å². The Morgan fingerprint density at radius 1 is 1.00 bits per heavy atom. The highest BCUT2D eigenvalue weighted by Gasteiger charge is 2.56. The number of unbranched alkanes of at least 4 members (excludes halogenated alkanes) is 1. The van der Waals surface area contributed by atoms with Crippen LogP contribution in [0.25, 0.3) is 0 Å². The van der Waals surface area contributed by atoms with E-state index in [1.165, 1.54) is 0 Å². The van der Waals surface area contributed by atoms with E-state index in [-0.39, 0.29) is 17.7 Å². The smallest absolute Gasteiger partial charge is 0.250 e. The molecule has 1 amide bonds. The zero-order chi connectivity index (χ0) is 24.0. The molecule has 5 nitrogen and oxygen atoms in total. The van der Waals surface area contributed by atoms with Gasteiger partial charge in [-0.05, 0) is 43.0 Å². The molecule has 0 radical (unpaired) electrons. The number of nitrogens with one attached hydrogen (secondary N) is 2. The van der Waals surface area contributed by atoms with Gasteiger partial charge in [0.15, 0.2) is 5.78 Å². The van der Waals surface area contributed by atoms with Crippen molar-refractivity contribution in [3.05, 3.63) is 89.5 Å². The lowest BCUT2D eigenvalue weighted by atomic mass is 9.76. The van der Waals surface area contributed by atoms with Gasteiger partial charge in [-0.15, -0.1) is 0 Å². The van der Waals surface area contributed by atoms with E-state index >= 15 is 0 Å². The van der Waals surface area contributed by atoms with Crippen LogP contribution in [-0.2, 0) is 20.7 Å². The number of rotatable bonds is 12. The average Bonchev–Trinajstić information content (AvgIpc) is 3.45. The maximum atomic E-state index is 13.6. The molecule has 0 aromatic heterocycles. The molecule has 0 aliphatic carbocycles. The lowest BCUT2D eigenvalue weighted by Crippen LogP contribution is -2.49. The number of hydrogen-bond acceptors (Lipinski definition) is 4. The summed E-state index contributed by atoms with van der Waals surface area (Å²) in [6.45, 7) is 4.65. The summed E-state index contributed by atoms with van der Waals surface area (Å²) in [7, 11) is 0. The fourth-order valence-corrected chi connectivity index (χ4v) is 4.84. The molecule has 0 fully saturated rings. The monoisotopic (exact) mass is 458 g/mol. The van der Waals surface area contributed by atoms with Crippen molar-refractivity contribution in [1.29, 1.82) is 0 Å². The first-order valence-corrected chi connectivity index (χ1v) is 12.4. The number of Topliss-reactive ketones (excluding diaryl/α,β-unsaturated/α-hetero) is 1. The van der Waals surface area contributed by atoms with Gasteiger partial charge in [-0.2, -0.15) is 0 Å². The van der Waals surface area contributed by atoms with Gasteiger partial charge in [0.25, 0.3) is 5.91 Å². The zero-order valence-electron chi connectivity index (χ0n) is 20.1. The van der Waals surface area contributed by atoms with Crippen LogP contribution < -0.4 is 10.6 Å². The summed E-state index contributed by atoms with van der Waals surface area (Å²) in [6.07, 6.45) is 7.00. The average molecular weight is 459 g/mol. The molecule has 2 aliphatic rings. The molecule has 0 saturated carbocycles. The highest BCUT2D eigenvalue weighted by Crippen LogP contribution is 2.47. The van der Waals surface area contributed by atoms with Gasteiger partial charge in [-0.3, -0.25) is 9.59 Å². The van der Waals surface area contributed by atoms with Gasteiger partial charge in [0.2, 0.25) is 0 Å². The molecule has 2 N–H and O–H groups in total. The number of carbonyl (C=O) groups excluding carboxylic acids is 2. The molecule has 2 bridgehead atoms. The second kappa shape index (κ2) is 10.8. The normalized spacial score (nSPS) is 21.5. The van der Waals surface area contributed by atoms with E-state index in [1.807, 2.05) is 67.6 Å². The Hall–Kier alpha value is -3.18. The highest BCUT2D eigenvalue weighted by molar-refractivity contribution is 6.10. The summed E-state index contributed by atoms with van der Waals surface area (Å²) >= 11 is 0. The van der Waals surface area contributed by atoms with Gasteiger partial charge in [0, 0.05) is 24.2 Å². The molecule has 4 rings (SSSR count). The Bertz CT molecular complexity index is 1020. The Labute approximate surface area is 202 Å². The van der Waals surface area contributed by atoms with Gasteiger partial charge in [0.05, 0.1) is 11.6 Å². The number of carbonyl (C=O) groups is 2. The lowest BCUT2D eigenvalue weighted by molar-refractivity contribution is -0.119. The third-order valence-corrected chi connectivity index (χ3v) is 6.52. The van der Waals surface area contributed by atoms with Crippen LogP contribution in [0.2, 0.25) is 0 Å². The molecular weight excluding hydrogens is 424 g/mol. The molecule has 2 aliphatic heterocycles. The first-order valence-electron chi connectivity index (χ1n) is 12.4. The predicted octanol–water partition coefficient (Wildman–Crippen LogP) is 5.00. The molecule has 3 unspecified atom stereocenters. The molecule has 0 spiro atoms. The minimum atomic E-state index is -1.000. The third kappa shape index (κ3) is 4.85. The Balaban J connectivity index is 1.78. The number of amides is 1. The highest BCUT2D eigenvalue weighted by atomic mass is 16.5. The molecule has 34 heavy (non-hydrogen) atoms. The van der Waals surface area contributed by atoms with E-state index in [2.05, 4.69) is 29.7 Å². The van der Waals surface area contributed by atoms with Gasteiger partial charge < -0.3 is 15.4 Å². The summed E-state index contributed by atoms with van der Waals surface area (Å²) in [5.74, 6) is -0.195. The van der Waals surface area contributed by atoms with Crippen molar-refractivity contribution in [1.82, 2.24) is 5.32 Å². The van der Waals surface area contributed by atoms with Gasteiger partial charge >= 0.3 is 0 Å². The number of hydrogen-bond donors (Lipinski definition) is 2. The van der Waals surface area contributed by atoms with Gasteiger partial charge in [0.1, 0.15) is 11.7 Å². The summed E-state index contributed by atoms with van der Waals surface area (Å²) < 4.78 is 6.56. The topological polar surface area (TPSA) is 67.4 Å². The second-order valence-electron chi connectivity index (χ2n) is 9.01. The fourth-order valence-electron chi connectivity index (χ4n) is 4.84. The van der Waals surface area contributed by atoms with Crippen LogP contribution in [0.4, 0.5) is 5.69 Å². The summed E-state index contributed by atoms with van der Waals surface area (Å²) in [5.41, 5.74) is 2.08. The van der Waals surface area contributed by atoms with Gasteiger partial charge in [-0.1, -0.05) is 74.9 Å². The van der Waals surface area contributed by atoms with Crippen LogP contribution in [0, 0.1) is 0 Å². The Kier molecular flexibility index (Phi) is 7.63. The first kappa shape index (κ1) is 24.0. The summed E-state index contributed by atoms with van der Waals surface area (Å²) in [5, 5.41) is 6.61. The van der Waals surface area contributed by atoms with Crippen LogP contribution in [0.15, 0.2) is 84.0 Å². The maximum Gasteiger partial charge on any atom is 0.250 e. The molecule has 5 heteroatoms. The third-order valence-electron chi connectivity index (χ3n) is 6.52. The van der Waals surface area contributed by atoms with E-state index < -0.39 is 11.7 Å². The molecule has 2 heterocycles. The van der Waals surface area contributed by atoms with Crippen molar-refractivity contribution in [2.75, 3.05) is 11.9 Å². The molecular formula is C29H34N2O3. The predicted molar refractivity (Wildman–Crippen MR) is 136 cm³/mol. The van der Waals surface area contributed by atoms with Crippen molar-refractivity contribution < 1.29 is 14.3 Å². The van der Waals surface area contributed by atoms with Crippen molar-refractivity contribution in [2.24, 2.45) is 0 Å². The van der Waals surface area contributed by atoms with Crippen LogP contribution in [0.1, 0.15) is 45.1 Å². The number of fused-ring (bicyclic) bond motifs is 2. The SMILES string of the molecule is CCCCC(=O)C1=C(C(=O)NCCC)C2C=CC1(C(Cc1ccccc1)Nc1ccccc1)O2. The Morgan fingerprint density at radius 2 is 1.71 bits per heavy atom. The van der Waals surface area contributed by atoms with E-state index in [4.69, 9.17) is 4.74 Å². The minimum Gasteiger partial charge on any atom is -0.378 e. The number of benzene rings is 2. The molecule has 3 atom stereocenters. The second-order valence-corrected chi connectivity index (χ2v) is 9.01. The van der Waals surface area contributed by atoms with Crippen molar-refractivity contribution in [3.8, 4) is 0 Å². The molecule has 2 aromatic rings. The molecule has 178 valence electrons. The van der Waals surface area contributed by atoms with Crippen LogP contribution in [0.5, 0.6) is 0 Å². The summed E-state index contributed by atoms with van der Waals surface area (Å²) in [6, 6.07) is 19.9. The zero-order valence-corrected chi connectivity index (χ0v) is 20.1. The van der Waals surface area contributed by atoms with E-state index in [0.29, 0.717) is 30.5 Å². The van der Waals surface area contributed by atoms with Crippen molar-refractivity contribution in [3.63, 3.8) is 0 Å². The minimum absolute atomic E-state index is 0.00303. The standard InChI is InChI=1S/C29H34N2O3/c1-3-5-16-23(32)27-26(28(33)30-19-4-2)24-17-18-29(27,34-24)25(20-21-12-8-6-9-13-21)31-22-14-10-7-11-15-22/h6-15,17-18,24-25,31H,3-5,16,19-20H2,1-2H3,(H,30,33). The van der Waals surface area contributed by atoms with Crippen molar-refractivity contribution >= 4 is 17.4 Å². The quantitative estimate of drug-likeness (QED) is 0.439. The van der Waals surface area contributed by atoms with E-state index in [1.54, 1.807) is 0 Å². The maximum absolute atomic E-state index is 13.6. The van der Waals surface area contributed by atoms with E-state index in [0.717, 1.165) is 30.5 Å².